The molecule has 0 fully saturated rings. The largest absolute Gasteiger partial charge is 0.278 e. The molecule has 3 nitrogen and oxygen atoms in total. The molecule has 0 radical (unpaired) electrons. The number of fused-ring (bicyclic) bond motifs is 1. The Morgan fingerprint density at radius 3 is 2.71 bits per heavy atom. The molecule has 0 unspecified atom stereocenters. The van der Waals surface area contributed by atoms with Crippen LogP contribution in [-0.4, -0.2) is 11.2 Å². The lowest BCUT2D eigenvalue weighted by molar-refractivity contribution is 1.24. The second-order valence-corrected chi connectivity index (χ2v) is 5.67. The molecule has 0 aliphatic carbocycles. The van der Waals surface area contributed by atoms with E-state index in [0.717, 1.165) is 32.3 Å². The van der Waals surface area contributed by atoms with Gasteiger partial charge in [-0.15, -0.1) is 0 Å². The molecule has 2 aromatic carbocycles. The third-order valence-electron chi connectivity index (χ3n) is 3.10. The van der Waals surface area contributed by atoms with Crippen LogP contribution in [0.4, 0.5) is 5.69 Å². The normalized spacial score (nSPS) is 11.1. The Morgan fingerprint density at radius 2 is 1.90 bits per heavy atom. The van der Waals surface area contributed by atoms with Crippen molar-refractivity contribution in [2.45, 2.75) is 6.92 Å². The number of halogens is 1. The Bertz CT molecular complexity index is 798. The first-order valence-electron chi connectivity index (χ1n) is 6.63. The van der Waals surface area contributed by atoms with Crippen LogP contribution in [0.15, 0.2) is 64.2 Å². The Kier molecular flexibility index (Phi) is 3.97. The SMILES string of the molecule is Cc1cc(N/N=C/c2ccccc2)c2cc(Br)ccc2n1. The number of hydrazone groups is 1. The van der Waals surface area contributed by atoms with E-state index >= 15 is 0 Å². The summed E-state index contributed by atoms with van der Waals surface area (Å²) in [6.45, 7) is 1.98. The maximum absolute atomic E-state index is 4.53. The molecule has 0 saturated heterocycles. The van der Waals surface area contributed by atoms with Gasteiger partial charge in [-0.05, 0) is 36.8 Å². The minimum absolute atomic E-state index is 0.950. The second kappa shape index (κ2) is 6.06. The van der Waals surface area contributed by atoms with Crippen molar-refractivity contribution in [2.24, 2.45) is 5.10 Å². The molecular weight excluding hydrogens is 326 g/mol. The highest BCUT2D eigenvalue weighted by atomic mass is 79.9. The molecule has 1 N–H and O–H groups in total. The van der Waals surface area contributed by atoms with Gasteiger partial charge in [-0.2, -0.15) is 5.10 Å². The Balaban J connectivity index is 1.93. The molecule has 0 saturated carbocycles. The molecule has 4 heteroatoms. The summed E-state index contributed by atoms with van der Waals surface area (Å²) in [5.74, 6) is 0. The standard InChI is InChI=1S/C17H14BrN3/c1-12-9-17(15-10-14(18)7-8-16(15)20-12)21-19-11-13-5-3-2-4-6-13/h2-11H,1H3,(H,20,21)/b19-11+. The van der Waals surface area contributed by atoms with Gasteiger partial charge in [0.2, 0.25) is 0 Å². The van der Waals surface area contributed by atoms with Gasteiger partial charge in [0.15, 0.2) is 0 Å². The zero-order valence-corrected chi connectivity index (χ0v) is 13.1. The van der Waals surface area contributed by atoms with Crippen molar-refractivity contribution in [1.29, 1.82) is 0 Å². The number of hydrogen-bond donors (Lipinski definition) is 1. The lowest BCUT2D eigenvalue weighted by atomic mass is 10.1. The summed E-state index contributed by atoms with van der Waals surface area (Å²) < 4.78 is 1.02. The minimum Gasteiger partial charge on any atom is -0.278 e. The molecule has 0 bridgehead atoms. The average Bonchev–Trinajstić information content (AvgIpc) is 2.49. The summed E-state index contributed by atoms with van der Waals surface area (Å²) in [7, 11) is 0. The van der Waals surface area contributed by atoms with Gasteiger partial charge in [-0.25, -0.2) is 0 Å². The molecule has 104 valence electrons. The fourth-order valence-corrected chi connectivity index (χ4v) is 2.50. The summed E-state index contributed by atoms with van der Waals surface area (Å²) in [6, 6.07) is 18.0. The summed E-state index contributed by atoms with van der Waals surface area (Å²) in [4.78, 5) is 4.53. The minimum atomic E-state index is 0.950. The number of pyridine rings is 1. The van der Waals surface area contributed by atoms with E-state index in [1.165, 1.54) is 0 Å². The molecule has 0 aliphatic heterocycles. The van der Waals surface area contributed by atoms with Crippen molar-refractivity contribution in [3.05, 3.63) is 70.3 Å². The van der Waals surface area contributed by atoms with Crippen LogP contribution in [0.5, 0.6) is 0 Å². The van der Waals surface area contributed by atoms with Crippen LogP contribution in [0.3, 0.4) is 0 Å². The Morgan fingerprint density at radius 1 is 1.10 bits per heavy atom. The molecule has 3 aromatic rings. The summed E-state index contributed by atoms with van der Waals surface area (Å²) in [5.41, 5.74) is 7.03. The number of hydrogen-bond acceptors (Lipinski definition) is 3. The third kappa shape index (κ3) is 3.28. The summed E-state index contributed by atoms with van der Waals surface area (Å²) in [5, 5.41) is 5.36. The molecule has 0 aliphatic rings. The molecule has 0 spiro atoms. The van der Waals surface area contributed by atoms with Gasteiger partial charge >= 0.3 is 0 Å². The number of aryl methyl sites for hydroxylation is 1. The average molecular weight is 340 g/mol. The number of rotatable bonds is 3. The van der Waals surface area contributed by atoms with Crippen LogP contribution in [0, 0.1) is 6.92 Å². The smallest absolute Gasteiger partial charge is 0.0727 e. The van der Waals surface area contributed by atoms with Crippen molar-refractivity contribution in [2.75, 3.05) is 5.43 Å². The number of aromatic nitrogens is 1. The van der Waals surface area contributed by atoms with Gasteiger partial charge < -0.3 is 0 Å². The Hall–Kier alpha value is -2.20. The highest BCUT2D eigenvalue weighted by Gasteiger charge is 2.04. The molecule has 3 rings (SSSR count). The highest BCUT2D eigenvalue weighted by Crippen LogP contribution is 2.26. The summed E-state index contributed by atoms with van der Waals surface area (Å²) >= 11 is 3.50. The van der Waals surface area contributed by atoms with E-state index in [0.29, 0.717) is 0 Å². The fourth-order valence-electron chi connectivity index (χ4n) is 2.14. The number of benzene rings is 2. The lowest BCUT2D eigenvalue weighted by Crippen LogP contribution is -1.94. The molecule has 0 amide bonds. The first-order valence-corrected chi connectivity index (χ1v) is 7.43. The molecular formula is C17H14BrN3. The van der Waals surface area contributed by atoms with Gasteiger partial charge in [0, 0.05) is 15.6 Å². The van der Waals surface area contributed by atoms with Gasteiger partial charge in [0.1, 0.15) is 0 Å². The fraction of sp³-hybridized carbons (Fsp3) is 0.0588. The first kappa shape index (κ1) is 13.8. The number of anilines is 1. The van der Waals surface area contributed by atoms with Gasteiger partial charge in [0.05, 0.1) is 17.4 Å². The molecule has 21 heavy (non-hydrogen) atoms. The van der Waals surface area contributed by atoms with Crippen LogP contribution in [-0.2, 0) is 0 Å². The van der Waals surface area contributed by atoms with Crippen LogP contribution in [0.1, 0.15) is 11.3 Å². The van der Waals surface area contributed by atoms with E-state index in [9.17, 15) is 0 Å². The van der Waals surface area contributed by atoms with E-state index in [1.807, 2.05) is 61.5 Å². The number of nitrogens with one attached hydrogen (secondary N) is 1. The van der Waals surface area contributed by atoms with Gasteiger partial charge in [-0.3, -0.25) is 10.4 Å². The van der Waals surface area contributed by atoms with E-state index in [1.54, 1.807) is 6.21 Å². The zero-order chi connectivity index (χ0) is 14.7. The zero-order valence-electron chi connectivity index (χ0n) is 11.5. The lowest BCUT2D eigenvalue weighted by Gasteiger charge is -2.07. The van der Waals surface area contributed by atoms with Crippen LogP contribution in [0.2, 0.25) is 0 Å². The van der Waals surface area contributed by atoms with Crippen molar-refractivity contribution in [3.63, 3.8) is 0 Å². The molecule has 1 aromatic heterocycles. The molecule has 0 atom stereocenters. The van der Waals surface area contributed by atoms with Crippen molar-refractivity contribution in [3.8, 4) is 0 Å². The van der Waals surface area contributed by atoms with Crippen LogP contribution < -0.4 is 5.43 Å². The maximum atomic E-state index is 4.53. The highest BCUT2D eigenvalue weighted by molar-refractivity contribution is 9.10. The van der Waals surface area contributed by atoms with Gasteiger partial charge in [-0.1, -0.05) is 46.3 Å². The predicted molar refractivity (Wildman–Crippen MR) is 91.8 cm³/mol. The van der Waals surface area contributed by atoms with Crippen molar-refractivity contribution >= 4 is 38.7 Å². The van der Waals surface area contributed by atoms with E-state index in [4.69, 9.17) is 0 Å². The molecule has 1 heterocycles. The topological polar surface area (TPSA) is 37.3 Å². The maximum Gasteiger partial charge on any atom is 0.0727 e. The van der Waals surface area contributed by atoms with Crippen molar-refractivity contribution < 1.29 is 0 Å². The van der Waals surface area contributed by atoms with Crippen molar-refractivity contribution in [1.82, 2.24) is 4.98 Å². The van der Waals surface area contributed by atoms with E-state index < -0.39 is 0 Å². The Labute approximate surface area is 131 Å². The quantitative estimate of drug-likeness (QED) is 0.552. The van der Waals surface area contributed by atoms with E-state index in [-0.39, 0.29) is 0 Å². The predicted octanol–water partition coefficient (Wildman–Crippen LogP) is 4.75. The van der Waals surface area contributed by atoms with E-state index in [2.05, 4.69) is 31.4 Å². The monoisotopic (exact) mass is 339 g/mol. The van der Waals surface area contributed by atoms with Gasteiger partial charge in [0.25, 0.3) is 0 Å². The first-order chi connectivity index (χ1) is 10.2. The second-order valence-electron chi connectivity index (χ2n) is 4.75. The van der Waals surface area contributed by atoms with Crippen LogP contribution >= 0.6 is 15.9 Å². The van der Waals surface area contributed by atoms with Crippen LogP contribution in [0.25, 0.3) is 10.9 Å². The third-order valence-corrected chi connectivity index (χ3v) is 3.59. The number of nitrogens with zero attached hydrogens (tertiary/aromatic N) is 2. The summed E-state index contributed by atoms with van der Waals surface area (Å²) in [6.07, 6.45) is 1.81.